The van der Waals surface area contributed by atoms with Crippen molar-refractivity contribution in [1.82, 2.24) is 5.32 Å². The zero-order valence-electron chi connectivity index (χ0n) is 9.72. The molecule has 6 N–H and O–H groups in total. The first-order valence-electron chi connectivity index (χ1n) is 5.22. The molecular weight excluding hydrogens is 283 g/mol. The summed E-state index contributed by atoms with van der Waals surface area (Å²) in [6, 6.07) is -1.04. The number of alkyl halides is 2. The summed E-state index contributed by atoms with van der Waals surface area (Å²) < 4.78 is 18.8. The molecule has 1 aliphatic heterocycles. The largest absolute Gasteiger partial charge is 0.393 e. The number of nitrogens with zero attached hydrogens (tertiary/aromatic N) is 1. The quantitative estimate of drug-likeness (QED) is 0.250. The third-order valence-electron chi connectivity index (χ3n) is 2.63. The van der Waals surface area contributed by atoms with Gasteiger partial charge in [-0.3, -0.25) is 0 Å². The number of amides is 2. The summed E-state index contributed by atoms with van der Waals surface area (Å²) in [5, 5.41) is 27.5. The normalized spacial score (nSPS) is 35.2. The molecule has 1 saturated heterocycles. The van der Waals surface area contributed by atoms with Crippen LogP contribution in [0.4, 0.5) is 9.18 Å². The molecule has 1 aliphatic rings. The topological polar surface area (TPSA) is 141 Å². The molecule has 1 fully saturated rings. The van der Waals surface area contributed by atoms with Gasteiger partial charge in [0.15, 0.2) is 12.4 Å². The molecule has 0 radical (unpaired) electrons. The summed E-state index contributed by atoms with van der Waals surface area (Å²) in [7, 11) is 0. The van der Waals surface area contributed by atoms with Gasteiger partial charge in [-0.1, -0.05) is 0 Å². The van der Waals surface area contributed by atoms with Gasteiger partial charge in [0.25, 0.3) is 0 Å². The Morgan fingerprint density at radius 2 is 2.37 bits per heavy atom. The highest BCUT2D eigenvalue weighted by Gasteiger charge is 2.55. The summed E-state index contributed by atoms with van der Waals surface area (Å²) >= 11 is 5.53. The Morgan fingerprint density at radius 1 is 1.74 bits per heavy atom. The lowest BCUT2D eigenvalue weighted by Gasteiger charge is -2.26. The molecule has 19 heavy (non-hydrogen) atoms. The van der Waals surface area contributed by atoms with E-state index in [1.165, 1.54) is 0 Å². The van der Waals surface area contributed by atoms with Crippen LogP contribution in [0.2, 0.25) is 0 Å². The van der Waals surface area contributed by atoms with Crippen molar-refractivity contribution in [2.24, 2.45) is 10.7 Å². The lowest BCUT2D eigenvalue weighted by atomic mass is 9.99. The third kappa shape index (κ3) is 3.18. The van der Waals surface area contributed by atoms with E-state index in [0.29, 0.717) is 6.21 Å². The minimum absolute atomic E-state index is 0.358. The number of nitrogens with two attached hydrogens (primary N) is 1. The van der Waals surface area contributed by atoms with Crippen molar-refractivity contribution in [3.05, 3.63) is 0 Å². The summed E-state index contributed by atoms with van der Waals surface area (Å²) in [6.45, 7) is -0.712. The predicted octanol–water partition coefficient (Wildman–Crippen LogP) is -1.27. The number of hydrogen-bond donors (Lipinski definition) is 5. The smallest absolute Gasteiger partial charge is 0.345 e. The van der Waals surface area contributed by atoms with Gasteiger partial charge in [-0.05, 0) is 0 Å². The Kier molecular flexibility index (Phi) is 5.18. The second-order valence-corrected chi connectivity index (χ2v) is 4.18. The maximum Gasteiger partial charge on any atom is 0.345 e. The van der Waals surface area contributed by atoms with Crippen LogP contribution >= 0.6 is 11.6 Å². The number of halogens is 2. The third-order valence-corrected chi connectivity index (χ3v) is 3.08. The van der Waals surface area contributed by atoms with E-state index >= 15 is 0 Å². The summed E-state index contributed by atoms with van der Waals surface area (Å²) in [5.74, 6) is -0.735. The molecule has 0 aromatic rings. The van der Waals surface area contributed by atoms with Crippen molar-refractivity contribution in [3.8, 4) is 0 Å². The number of urea groups is 1. The van der Waals surface area contributed by atoms with Gasteiger partial charge >= 0.3 is 6.03 Å². The molecule has 1 rings (SSSR count). The molecular formula is C9H14ClFN4O4. The Hall–Kier alpha value is -1.29. The minimum atomic E-state index is -1.98. The van der Waals surface area contributed by atoms with Crippen LogP contribution in [0, 0.1) is 5.41 Å². The molecule has 0 bridgehead atoms. The van der Waals surface area contributed by atoms with Gasteiger partial charge < -0.3 is 31.4 Å². The maximum atomic E-state index is 13.7. The fraction of sp³-hybridized carbons (Fsp3) is 0.667. The molecule has 0 aromatic carbocycles. The Morgan fingerprint density at radius 3 is 2.79 bits per heavy atom. The van der Waals surface area contributed by atoms with Gasteiger partial charge in [-0.25, -0.2) is 9.18 Å². The zero-order chi connectivity index (χ0) is 14.6. The number of aliphatic hydroxyl groups excluding tert-OH is 2. The Balaban J connectivity index is 2.76. The van der Waals surface area contributed by atoms with E-state index in [1.54, 1.807) is 0 Å². The van der Waals surface area contributed by atoms with Crippen molar-refractivity contribution in [2.75, 3.05) is 12.5 Å². The number of carbonyl (C=O) groups excluding carboxylic acids is 1. The number of ether oxygens (including phenoxy) is 1. The highest BCUT2D eigenvalue weighted by atomic mass is 35.5. The average Bonchev–Trinajstić information content (AvgIpc) is 2.63. The summed E-state index contributed by atoms with van der Waals surface area (Å²) in [6.07, 6.45) is -4.56. The fourth-order valence-electron chi connectivity index (χ4n) is 1.54. The van der Waals surface area contributed by atoms with Gasteiger partial charge in [0, 0.05) is 0 Å². The second-order valence-electron chi connectivity index (χ2n) is 3.91. The Labute approximate surface area is 112 Å². The van der Waals surface area contributed by atoms with Crippen molar-refractivity contribution in [1.29, 1.82) is 5.41 Å². The second kappa shape index (κ2) is 6.24. The Bertz CT molecular complexity index is 390. The first-order valence-corrected chi connectivity index (χ1v) is 5.75. The molecule has 2 amide bonds. The van der Waals surface area contributed by atoms with E-state index in [4.69, 9.17) is 32.6 Å². The molecule has 0 saturated carbocycles. The van der Waals surface area contributed by atoms with Crippen LogP contribution < -0.4 is 11.1 Å². The molecule has 8 nitrogen and oxygen atoms in total. The molecule has 0 aromatic heterocycles. The van der Waals surface area contributed by atoms with Gasteiger partial charge in [-0.2, -0.15) is 4.99 Å². The molecule has 1 heterocycles. The van der Waals surface area contributed by atoms with E-state index < -0.39 is 36.7 Å². The van der Waals surface area contributed by atoms with E-state index in [0.717, 1.165) is 0 Å². The number of aliphatic hydroxyl groups is 2. The molecule has 108 valence electrons. The summed E-state index contributed by atoms with van der Waals surface area (Å²) in [5.41, 5.74) is 3.43. The van der Waals surface area contributed by atoms with Crippen LogP contribution in [0.15, 0.2) is 4.99 Å². The van der Waals surface area contributed by atoms with Crippen LogP contribution in [0.3, 0.4) is 0 Å². The van der Waals surface area contributed by atoms with Crippen LogP contribution in [-0.4, -0.2) is 64.9 Å². The van der Waals surface area contributed by atoms with Crippen LogP contribution in [-0.2, 0) is 4.74 Å². The average molecular weight is 297 g/mol. The van der Waals surface area contributed by atoms with Gasteiger partial charge in [0.2, 0.25) is 0 Å². The number of nitrogens with one attached hydrogen (secondary N) is 2. The number of aliphatic imine (C=N–C) groups is 1. The van der Waals surface area contributed by atoms with Crippen molar-refractivity contribution in [2.45, 2.75) is 24.1 Å². The minimum Gasteiger partial charge on any atom is -0.393 e. The SMILES string of the molecule is N=C/C(N)=N\C(=O)N[C@@H]1O[C@@](CO)(CCl)[C@@H](O)[C@H]1F. The van der Waals surface area contributed by atoms with Gasteiger partial charge in [0.05, 0.1) is 18.7 Å². The lowest BCUT2D eigenvalue weighted by molar-refractivity contribution is -0.0993. The van der Waals surface area contributed by atoms with Crippen LogP contribution in [0.1, 0.15) is 0 Å². The van der Waals surface area contributed by atoms with Crippen LogP contribution in [0.5, 0.6) is 0 Å². The molecule has 4 atom stereocenters. The van der Waals surface area contributed by atoms with E-state index in [1.807, 2.05) is 5.32 Å². The monoisotopic (exact) mass is 296 g/mol. The number of hydrogen-bond acceptors (Lipinski definition) is 5. The van der Waals surface area contributed by atoms with Crippen LogP contribution in [0.25, 0.3) is 0 Å². The number of carbonyl (C=O) groups is 1. The van der Waals surface area contributed by atoms with Gasteiger partial charge in [0.1, 0.15) is 17.5 Å². The maximum absolute atomic E-state index is 13.7. The predicted molar refractivity (Wildman–Crippen MR) is 65.3 cm³/mol. The van der Waals surface area contributed by atoms with E-state index in [2.05, 4.69) is 4.99 Å². The number of amidine groups is 1. The standard InChI is InChI=1S/C9H14ClFN4O4/c10-2-9(3-16)6(17)5(11)7(19-9)15-8(18)14-4(13)1-12/h1,5-7,12,16-17H,2-3H2,(H3,13,14,15,18)/t5-,6+,7-,9-/m1/s1. The first-order chi connectivity index (χ1) is 8.90. The molecule has 10 heteroatoms. The van der Waals surface area contributed by atoms with Crippen molar-refractivity contribution in [3.63, 3.8) is 0 Å². The lowest BCUT2D eigenvalue weighted by Crippen LogP contribution is -2.47. The summed E-state index contributed by atoms with van der Waals surface area (Å²) in [4.78, 5) is 14.5. The zero-order valence-corrected chi connectivity index (χ0v) is 10.5. The fourth-order valence-corrected chi connectivity index (χ4v) is 1.85. The van der Waals surface area contributed by atoms with E-state index in [-0.39, 0.29) is 11.7 Å². The van der Waals surface area contributed by atoms with Gasteiger partial charge in [-0.15, -0.1) is 11.6 Å². The molecule has 0 aliphatic carbocycles. The van der Waals surface area contributed by atoms with Crippen molar-refractivity contribution < 1.29 is 24.1 Å². The molecule has 0 unspecified atom stereocenters. The molecule has 0 spiro atoms. The highest BCUT2D eigenvalue weighted by molar-refractivity contribution is 6.29. The number of rotatable bonds is 4. The van der Waals surface area contributed by atoms with Crippen molar-refractivity contribution >= 4 is 29.7 Å². The first kappa shape index (κ1) is 15.8. The highest BCUT2D eigenvalue weighted by Crippen LogP contribution is 2.33. The van der Waals surface area contributed by atoms with E-state index in [9.17, 15) is 14.3 Å².